The molecule has 2 amide bonds. The summed E-state index contributed by atoms with van der Waals surface area (Å²) >= 11 is 0. The normalized spacial score (nSPS) is 17.3. The monoisotopic (exact) mass is 428 g/mol. The van der Waals surface area contributed by atoms with Crippen LogP contribution in [0.5, 0.6) is 0 Å². The number of hydrogen-bond acceptors (Lipinski definition) is 4. The third-order valence-corrected chi connectivity index (χ3v) is 8.08. The fraction of sp³-hybridized carbons (Fsp3) is 0.409. The van der Waals surface area contributed by atoms with E-state index in [1.54, 1.807) is 23.1 Å². The van der Waals surface area contributed by atoms with Crippen molar-refractivity contribution in [2.24, 2.45) is 0 Å². The molecule has 2 heterocycles. The number of anilines is 2. The van der Waals surface area contributed by atoms with Crippen molar-refractivity contribution in [2.75, 3.05) is 36.4 Å². The SMILES string of the molecule is CC(C)S(=O)(=O)N1CCN(c2ccc(NC(=O)N3Cc4ccccc4C3)cc2)CC1. The second-order valence-electron chi connectivity index (χ2n) is 8.08. The minimum absolute atomic E-state index is 0.105. The Morgan fingerprint density at radius 3 is 2.00 bits per heavy atom. The van der Waals surface area contributed by atoms with E-state index in [-0.39, 0.29) is 6.03 Å². The maximum absolute atomic E-state index is 12.6. The quantitative estimate of drug-likeness (QED) is 0.812. The molecule has 160 valence electrons. The topological polar surface area (TPSA) is 73.0 Å². The van der Waals surface area contributed by atoms with E-state index in [0.717, 1.165) is 11.4 Å². The molecule has 1 saturated heterocycles. The van der Waals surface area contributed by atoms with E-state index in [2.05, 4.69) is 22.3 Å². The molecule has 2 aromatic carbocycles. The van der Waals surface area contributed by atoms with Crippen molar-refractivity contribution in [3.05, 3.63) is 59.7 Å². The van der Waals surface area contributed by atoms with Crippen LogP contribution in [-0.4, -0.2) is 55.1 Å². The number of carbonyl (C=O) groups excluding carboxylic acids is 1. The molecule has 0 atom stereocenters. The second-order valence-corrected chi connectivity index (χ2v) is 10.6. The van der Waals surface area contributed by atoms with E-state index >= 15 is 0 Å². The molecule has 30 heavy (non-hydrogen) atoms. The number of nitrogens with one attached hydrogen (secondary N) is 1. The maximum atomic E-state index is 12.6. The molecule has 2 aromatic rings. The first-order chi connectivity index (χ1) is 14.3. The summed E-state index contributed by atoms with van der Waals surface area (Å²) in [7, 11) is -3.20. The van der Waals surface area contributed by atoms with Gasteiger partial charge < -0.3 is 15.1 Å². The molecule has 8 heteroatoms. The molecule has 0 aliphatic carbocycles. The molecule has 0 bridgehead atoms. The lowest BCUT2D eigenvalue weighted by molar-refractivity contribution is 0.212. The number of urea groups is 1. The molecule has 7 nitrogen and oxygen atoms in total. The van der Waals surface area contributed by atoms with Gasteiger partial charge in [0.1, 0.15) is 0 Å². The molecule has 0 saturated carbocycles. The van der Waals surface area contributed by atoms with Crippen molar-refractivity contribution in [2.45, 2.75) is 32.2 Å². The van der Waals surface area contributed by atoms with Crippen molar-refractivity contribution >= 4 is 27.4 Å². The molecule has 1 fully saturated rings. The van der Waals surface area contributed by atoms with Crippen LogP contribution in [0.3, 0.4) is 0 Å². The number of benzene rings is 2. The molecular weight excluding hydrogens is 400 g/mol. The van der Waals surface area contributed by atoms with Gasteiger partial charge >= 0.3 is 6.03 Å². The Kier molecular flexibility index (Phi) is 5.71. The van der Waals surface area contributed by atoms with Gasteiger partial charge in [-0.1, -0.05) is 24.3 Å². The average molecular weight is 429 g/mol. The van der Waals surface area contributed by atoms with Gasteiger partial charge in [0.25, 0.3) is 0 Å². The Bertz CT molecular complexity index is 988. The van der Waals surface area contributed by atoms with Crippen LogP contribution in [0.1, 0.15) is 25.0 Å². The highest BCUT2D eigenvalue weighted by atomic mass is 32.2. The summed E-state index contributed by atoms with van der Waals surface area (Å²) in [6, 6.07) is 15.7. The van der Waals surface area contributed by atoms with Gasteiger partial charge in [-0.3, -0.25) is 0 Å². The van der Waals surface area contributed by atoms with Gasteiger partial charge in [-0.25, -0.2) is 13.2 Å². The third-order valence-electron chi connectivity index (χ3n) is 5.81. The highest BCUT2D eigenvalue weighted by Gasteiger charge is 2.29. The summed E-state index contributed by atoms with van der Waals surface area (Å²) in [5, 5.41) is 2.58. The van der Waals surface area contributed by atoms with Crippen LogP contribution in [0, 0.1) is 0 Å². The number of rotatable bonds is 4. The number of piperazine rings is 1. The molecule has 4 rings (SSSR count). The smallest absolute Gasteiger partial charge is 0.322 e. The molecule has 0 spiro atoms. The predicted octanol–water partition coefficient (Wildman–Crippen LogP) is 3.09. The Hall–Kier alpha value is -2.58. The predicted molar refractivity (Wildman–Crippen MR) is 119 cm³/mol. The Morgan fingerprint density at radius 1 is 0.900 bits per heavy atom. The minimum atomic E-state index is -3.20. The standard InChI is InChI=1S/C22H28N4O3S/c1-17(2)30(28,29)26-13-11-24(12-14-26)21-9-7-20(8-10-21)23-22(27)25-15-18-5-3-4-6-19(18)16-25/h3-10,17H,11-16H2,1-2H3,(H,23,27). The number of hydrogen-bond donors (Lipinski definition) is 1. The van der Waals surface area contributed by atoms with E-state index in [1.807, 2.05) is 36.4 Å². The zero-order chi connectivity index (χ0) is 21.3. The first-order valence-electron chi connectivity index (χ1n) is 10.3. The third kappa shape index (κ3) is 4.15. The first kappa shape index (κ1) is 20.7. The second kappa shape index (κ2) is 8.28. The van der Waals surface area contributed by atoms with Crippen molar-refractivity contribution < 1.29 is 13.2 Å². The minimum Gasteiger partial charge on any atom is -0.369 e. The van der Waals surface area contributed by atoms with Crippen LogP contribution in [0.15, 0.2) is 48.5 Å². The molecule has 0 unspecified atom stereocenters. The van der Waals surface area contributed by atoms with Crippen LogP contribution in [-0.2, 0) is 23.1 Å². The van der Waals surface area contributed by atoms with E-state index in [1.165, 1.54) is 11.1 Å². The van der Waals surface area contributed by atoms with Crippen LogP contribution < -0.4 is 10.2 Å². The number of sulfonamides is 1. The van der Waals surface area contributed by atoms with Crippen molar-refractivity contribution in [3.63, 3.8) is 0 Å². The van der Waals surface area contributed by atoms with Gasteiger partial charge in [0.15, 0.2) is 0 Å². The van der Waals surface area contributed by atoms with E-state index in [4.69, 9.17) is 0 Å². The van der Waals surface area contributed by atoms with Crippen LogP contribution >= 0.6 is 0 Å². The first-order valence-corrected chi connectivity index (χ1v) is 11.8. The summed E-state index contributed by atoms with van der Waals surface area (Å²) in [6.07, 6.45) is 0. The largest absolute Gasteiger partial charge is 0.369 e. The number of nitrogens with zero attached hydrogens (tertiary/aromatic N) is 3. The molecule has 1 N–H and O–H groups in total. The summed E-state index contributed by atoms with van der Waals surface area (Å²) < 4.78 is 26.2. The number of fused-ring (bicyclic) bond motifs is 1. The summed E-state index contributed by atoms with van der Waals surface area (Å²) in [6.45, 7) is 6.99. The van der Waals surface area contributed by atoms with Crippen LogP contribution in [0.4, 0.5) is 16.2 Å². The van der Waals surface area contributed by atoms with Crippen LogP contribution in [0.2, 0.25) is 0 Å². The van der Waals surface area contributed by atoms with Gasteiger partial charge in [0, 0.05) is 50.6 Å². The average Bonchev–Trinajstić information content (AvgIpc) is 3.19. The fourth-order valence-corrected chi connectivity index (χ4v) is 5.20. The van der Waals surface area contributed by atoms with Crippen molar-refractivity contribution in [3.8, 4) is 0 Å². The lowest BCUT2D eigenvalue weighted by atomic mass is 10.1. The van der Waals surface area contributed by atoms with E-state index < -0.39 is 15.3 Å². The number of carbonyl (C=O) groups is 1. The molecule has 2 aliphatic heterocycles. The fourth-order valence-electron chi connectivity index (χ4n) is 3.93. The molecule has 2 aliphatic rings. The van der Waals surface area contributed by atoms with E-state index in [9.17, 15) is 13.2 Å². The summed E-state index contributed by atoms with van der Waals surface area (Å²) in [5.41, 5.74) is 4.17. The lowest BCUT2D eigenvalue weighted by Gasteiger charge is -2.36. The van der Waals surface area contributed by atoms with Crippen molar-refractivity contribution in [1.29, 1.82) is 0 Å². The van der Waals surface area contributed by atoms with Gasteiger partial charge in [-0.15, -0.1) is 0 Å². The summed E-state index contributed by atoms with van der Waals surface area (Å²) in [5.74, 6) is 0. The highest BCUT2D eigenvalue weighted by molar-refractivity contribution is 7.89. The van der Waals surface area contributed by atoms with Gasteiger partial charge in [0.05, 0.1) is 5.25 Å². The molecule has 0 aromatic heterocycles. The Balaban J connectivity index is 1.32. The summed E-state index contributed by atoms with van der Waals surface area (Å²) in [4.78, 5) is 16.6. The maximum Gasteiger partial charge on any atom is 0.322 e. The zero-order valence-electron chi connectivity index (χ0n) is 17.4. The molecule has 0 radical (unpaired) electrons. The van der Waals surface area contributed by atoms with Gasteiger partial charge in [-0.05, 0) is 49.2 Å². The Morgan fingerprint density at radius 2 is 1.47 bits per heavy atom. The van der Waals surface area contributed by atoms with Crippen LogP contribution in [0.25, 0.3) is 0 Å². The molecular formula is C22H28N4O3S. The van der Waals surface area contributed by atoms with Gasteiger partial charge in [-0.2, -0.15) is 4.31 Å². The lowest BCUT2D eigenvalue weighted by Crippen LogP contribution is -2.50. The van der Waals surface area contributed by atoms with Crippen molar-refractivity contribution in [1.82, 2.24) is 9.21 Å². The Labute approximate surface area is 178 Å². The number of amides is 2. The zero-order valence-corrected chi connectivity index (χ0v) is 18.2. The van der Waals surface area contributed by atoms with E-state index in [0.29, 0.717) is 39.3 Å². The van der Waals surface area contributed by atoms with Gasteiger partial charge in [0.2, 0.25) is 10.0 Å². The highest BCUT2D eigenvalue weighted by Crippen LogP contribution is 2.24.